The highest BCUT2D eigenvalue weighted by Crippen LogP contribution is 2.21. The summed E-state index contributed by atoms with van der Waals surface area (Å²) in [5.41, 5.74) is 0.536. The van der Waals surface area contributed by atoms with Crippen molar-refractivity contribution in [3.05, 3.63) is 48.4 Å². The number of nitrogens with zero attached hydrogens (tertiary/aromatic N) is 1. The number of carbonyl (C=O) groups is 1. The van der Waals surface area contributed by atoms with Gasteiger partial charge in [0, 0.05) is 12.7 Å². The molecule has 2 atom stereocenters. The van der Waals surface area contributed by atoms with Crippen molar-refractivity contribution < 1.29 is 23.4 Å². The molecule has 0 spiro atoms. The lowest BCUT2D eigenvalue weighted by molar-refractivity contribution is -0.128. The van der Waals surface area contributed by atoms with Crippen molar-refractivity contribution in [2.75, 3.05) is 18.5 Å². The Hall–Kier alpha value is -2.51. The van der Waals surface area contributed by atoms with Gasteiger partial charge in [-0.05, 0) is 50.1 Å². The quantitative estimate of drug-likeness (QED) is 0.818. The highest BCUT2D eigenvalue weighted by molar-refractivity contribution is 5.93. The van der Waals surface area contributed by atoms with Gasteiger partial charge in [0.25, 0.3) is 5.91 Å². The molecule has 0 bridgehead atoms. The molecule has 0 aliphatic carbocycles. The zero-order valence-corrected chi connectivity index (χ0v) is 14.5. The Bertz CT molecular complexity index is 715. The topological polar surface area (TPSA) is 69.7 Å². The molecule has 0 radical (unpaired) electrons. The van der Waals surface area contributed by atoms with Gasteiger partial charge in [-0.2, -0.15) is 0 Å². The summed E-state index contributed by atoms with van der Waals surface area (Å²) in [6.07, 6.45) is 2.98. The van der Waals surface area contributed by atoms with Crippen LogP contribution in [0.25, 0.3) is 0 Å². The van der Waals surface area contributed by atoms with Crippen LogP contribution in [0, 0.1) is 5.82 Å². The third-order valence-electron chi connectivity index (χ3n) is 3.97. The minimum absolute atomic E-state index is 0.0785. The Labute approximate surface area is 151 Å². The molecule has 2 unspecified atom stereocenters. The van der Waals surface area contributed by atoms with Crippen molar-refractivity contribution in [2.45, 2.75) is 32.0 Å². The third kappa shape index (κ3) is 5.24. The van der Waals surface area contributed by atoms with Gasteiger partial charge < -0.3 is 19.5 Å². The summed E-state index contributed by atoms with van der Waals surface area (Å²) in [5, 5.41) is 2.74. The third-order valence-corrected chi connectivity index (χ3v) is 3.97. The molecule has 1 aliphatic heterocycles. The van der Waals surface area contributed by atoms with E-state index in [-0.39, 0.29) is 17.8 Å². The van der Waals surface area contributed by atoms with Crippen LogP contribution in [0.5, 0.6) is 11.6 Å². The first kappa shape index (κ1) is 18.3. The van der Waals surface area contributed by atoms with E-state index in [0.29, 0.717) is 23.9 Å². The first-order valence-electron chi connectivity index (χ1n) is 8.54. The average Bonchev–Trinajstić information content (AvgIpc) is 3.17. The van der Waals surface area contributed by atoms with Crippen LogP contribution in [0.3, 0.4) is 0 Å². The number of hydrogen-bond donors (Lipinski definition) is 1. The fourth-order valence-electron chi connectivity index (χ4n) is 2.49. The van der Waals surface area contributed by atoms with Crippen LogP contribution in [-0.4, -0.2) is 36.3 Å². The van der Waals surface area contributed by atoms with E-state index in [1.54, 1.807) is 19.1 Å². The van der Waals surface area contributed by atoms with E-state index >= 15 is 0 Å². The van der Waals surface area contributed by atoms with Crippen LogP contribution < -0.4 is 10.1 Å². The number of amides is 1. The maximum absolute atomic E-state index is 12.9. The number of rotatable bonds is 7. The number of carbonyl (C=O) groups excluding carboxylic acids is 1. The van der Waals surface area contributed by atoms with Gasteiger partial charge in [0.1, 0.15) is 17.7 Å². The molecule has 0 saturated carbocycles. The Morgan fingerprint density at radius 1 is 1.35 bits per heavy atom. The molecule has 1 saturated heterocycles. The number of halogens is 1. The summed E-state index contributed by atoms with van der Waals surface area (Å²) >= 11 is 0. The summed E-state index contributed by atoms with van der Waals surface area (Å²) in [4.78, 5) is 16.3. The monoisotopic (exact) mass is 360 g/mol. The Balaban J connectivity index is 1.48. The second-order valence-electron chi connectivity index (χ2n) is 6.04. The molecule has 2 heterocycles. The predicted octanol–water partition coefficient (Wildman–Crippen LogP) is 3.54. The van der Waals surface area contributed by atoms with Gasteiger partial charge in [-0.3, -0.25) is 4.79 Å². The van der Waals surface area contributed by atoms with Gasteiger partial charge >= 0.3 is 0 Å². The summed E-state index contributed by atoms with van der Waals surface area (Å²) in [5.74, 6) is 0.236. The van der Waals surface area contributed by atoms with Crippen LogP contribution in [0.1, 0.15) is 19.8 Å². The summed E-state index contributed by atoms with van der Waals surface area (Å²) in [6, 6.07) is 8.94. The van der Waals surface area contributed by atoms with Gasteiger partial charge in [-0.25, -0.2) is 9.37 Å². The van der Waals surface area contributed by atoms with Crippen molar-refractivity contribution in [2.24, 2.45) is 0 Å². The van der Waals surface area contributed by atoms with E-state index in [1.165, 1.54) is 30.5 Å². The standard InChI is InChI=1S/C19H21FN2O4/c1-13(25-12-17-3-2-10-24-17)19(23)22-15-6-9-18(21-11-15)26-16-7-4-14(20)5-8-16/h4-9,11,13,17H,2-3,10,12H2,1H3,(H,22,23). The van der Waals surface area contributed by atoms with Crippen LogP contribution in [0.4, 0.5) is 10.1 Å². The minimum atomic E-state index is -0.589. The lowest BCUT2D eigenvalue weighted by Gasteiger charge is -2.16. The maximum Gasteiger partial charge on any atom is 0.253 e. The molecule has 2 aromatic rings. The fraction of sp³-hybridized carbons (Fsp3) is 0.368. The van der Waals surface area contributed by atoms with Crippen molar-refractivity contribution >= 4 is 11.6 Å². The molecule has 1 aliphatic rings. The predicted molar refractivity (Wildman–Crippen MR) is 93.7 cm³/mol. The zero-order valence-electron chi connectivity index (χ0n) is 14.5. The van der Waals surface area contributed by atoms with Gasteiger partial charge in [0.15, 0.2) is 0 Å². The zero-order chi connectivity index (χ0) is 18.4. The Morgan fingerprint density at radius 3 is 2.81 bits per heavy atom. The molecule has 1 fully saturated rings. The second kappa shape index (κ2) is 8.73. The first-order valence-corrected chi connectivity index (χ1v) is 8.54. The van der Waals surface area contributed by atoms with E-state index in [4.69, 9.17) is 14.2 Å². The smallest absolute Gasteiger partial charge is 0.253 e. The molecule has 1 aromatic heterocycles. The van der Waals surface area contributed by atoms with Crippen LogP contribution >= 0.6 is 0 Å². The van der Waals surface area contributed by atoms with Crippen LogP contribution in [0.2, 0.25) is 0 Å². The van der Waals surface area contributed by atoms with Crippen molar-refractivity contribution in [3.8, 4) is 11.6 Å². The molecular weight excluding hydrogens is 339 g/mol. The summed E-state index contributed by atoms with van der Waals surface area (Å²) in [7, 11) is 0. The molecule has 7 heteroatoms. The normalized spacial score (nSPS) is 17.7. The fourth-order valence-corrected chi connectivity index (χ4v) is 2.49. The number of nitrogens with one attached hydrogen (secondary N) is 1. The Morgan fingerprint density at radius 2 is 2.15 bits per heavy atom. The summed E-state index contributed by atoms with van der Waals surface area (Å²) in [6.45, 7) is 2.87. The average molecular weight is 360 g/mol. The Kier molecular flexibility index (Phi) is 6.14. The lowest BCUT2D eigenvalue weighted by atomic mass is 10.2. The van der Waals surface area contributed by atoms with Gasteiger partial charge in [0.05, 0.1) is 24.6 Å². The molecule has 1 N–H and O–H groups in total. The molecular formula is C19H21FN2O4. The number of ether oxygens (including phenoxy) is 3. The first-order chi connectivity index (χ1) is 12.6. The van der Waals surface area contributed by atoms with Crippen LogP contribution in [0.15, 0.2) is 42.6 Å². The van der Waals surface area contributed by atoms with Gasteiger partial charge in [-0.15, -0.1) is 0 Å². The SMILES string of the molecule is CC(OCC1CCCO1)C(=O)Nc1ccc(Oc2ccc(F)cc2)nc1. The number of hydrogen-bond acceptors (Lipinski definition) is 5. The van der Waals surface area contributed by atoms with Gasteiger partial charge in [0.2, 0.25) is 5.88 Å². The van der Waals surface area contributed by atoms with E-state index in [1.807, 2.05) is 0 Å². The highest BCUT2D eigenvalue weighted by Gasteiger charge is 2.20. The molecule has 1 amide bonds. The lowest BCUT2D eigenvalue weighted by Crippen LogP contribution is -2.30. The molecule has 3 rings (SSSR count). The number of benzene rings is 1. The van der Waals surface area contributed by atoms with E-state index in [0.717, 1.165) is 19.4 Å². The number of aromatic nitrogens is 1. The number of pyridine rings is 1. The largest absolute Gasteiger partial charge is 0.439 e. The van der Waals surface area contributed by atoms with Gasteiger partial charge in [-0.1, -0.05) is 0 Å². The van der Waals surface area contributed by atoms with Crippen LogP contribution in [-0.2, 0) is 14.3 Å². The van der Waals surface area contributed by atoms with Crippen molar-refractivity contribution in [1.29, 1.82) is 0 Å². The molecule has 1 aromatic carbocycles. The maximum atomic E-state index is 12.9. The second-order valence-corrected chi connectivity index (χ2v) is 6.04. The van der Waals surface area contributed by atoms with E-state index in [9.17, 15) is 9.18 Å². The summed E-state index contributed by atoms with van der Waals surface area (Å²) < 4.78 is 29.4. The van der Waals surface area contributed by atoms with E-state index in [2.05, 4.69) is 10.3 Å². The van der Waals surface area contributed by atoms with Crippen molar-refractivity contribution in [3.63, 3.8) is 0 Å². The highest BCUT2D eigenvalue weighted by atomic mass is 19.1. The van der Waals surface area contributed by atoms with E-state index < -0.39 is 6.10 Å². The number of anilines is 1. The van der Waals surface area contributed by atoms with Crippen molar-refractivity contribution in [1.82, 2.24) is 4.98 Å². The molecule has 6 nitrogen and oxygen atoms in total. The minimum Gasteiger partial charge on any atom is -0.439 e. The molecule has 26 heavy (non-hydrogen) atoms. The molecule has 138 valence electrons.